The molecule has 2 aromatic rings. The Bertz CT molecular complexity index is 773. The summed E-state index contributed by atoms with van der Waals surface area (Å²) in [6.07, 6.45) is 0. The maximum Gasteiger partial charge on any atom is 0.265 e. The first-order valence-corrected chi connectivity index (χ1v) is 9.08. The van der Waals surface area contributed by atoms with Gasteiger partial charge in [-0.25, -0.2) is 8.42 Å². The van der Waals surface area contributed by atoms with E-state index >= 15 is 0 Å². The highest BCUT2D eigenvalue weighted by molar-refractivity contribution is 9.10. The van der Waals surface area contributed by atoms with Gasteiger partial charge in [-0.05, 0) is 51.7 Å². The van der Waals surface area contributed by atoms with E-state index in [1.165, 1.54) is 7.11 Å². The number of halogens is 1. The van der Waals surface area contributed by atoms with Gasteiger partial charge in [0, 0.05) is 4.47 Å². The molecule has 0 radical (unpaired) electrons. The molecule has 0 fully saturated rings. The zero-order chi connectivity index (χ0) is 16.3. The third kappa shape index (κ3) is 3.62. The quantitative estimate of drug-likeness (QED) is 0.832. The number of para-hydroxylation sites is 1. The summed E-state index contributed by atoms with van der Waals surface area (Å²) in [4.78, 5) is 0.136. The third-order valence-electron chi connectivity index (χ3n) is 3.26. The molecule has 0 unspecified atom stereocenters. The summed E-state index contributed by atoms with van der Waals surface area (Å²) in [5.41, 5.74) is 1.42. The van der Waals surface area contributed by atoms with Gasteiger partial charge in [0.15, 0.2) is 0 Å². The maximum atomic E-state index is 12.7. The Kier molecular flexibility index (Phi) is 5.13. The molecule has 0 amide bonds. The Balaban J connectivity index is 2.49. The van der Waals surface area contributed by atoms with Crippen molar-refractivity contribution in [1.82, 2.24) is 0 Å². The Morgan fingerprint density at radius 2 is 1.82 bits per heavy atom. The van der Waals surface area contributed by atoms with Crippen molar-refractivity contribution >= 4 is 31.6 Å². The second kappa shape index (κ2) is 6.71. The lowest BCUT2D eigenvalue weighted by atomic mass is 10.0. The number of nitrogens with one attached hydrogen (secondary N) is 1. The molecule has 22 heavy (non-hydrogen) atoms. The molecular formula is C16H18BrNO3S. The number of ether oxygens (including phenoxy) is 1. The van der Waals surface area contributed by atoms with Crippen LogP contribution >= 0.6 is 15.9 Å². The van der Waals surface area contributed by atoms with Crippen molar-refractivity contribution in [2.24, 2.45) is 0 Å². The first-order chi connectivity index (χ1) is 10.3. The first kappa shape index (κ1) is 16.8. The lowest BCUT2D eigenvalue weighted by molar-refractivity contribution is 0.402. The van der Waals surface area contributed by atoms with E-state index in [4.69, 9.17) is 4.74 Å². The number of benzene rings is 2. The number of hydrogen-bond acceptors (Lipinski definition) is 3. The Labute approximate surface area is 139 Å². The van der Waals surface area contributed by atoms with Crippen molar-refractivity contribution < 1.29 is 13.2 Å². The van der Waals surface area contributed by atoms with Gasteiger partial charge in [0.2, 0.25) is 0 Å². The molecule has 2 rings (SSSR count). The van der Waals surface area contributed by atoms with Gasteiger partial charge in [0.05, 0.1) is 12.8 Å². The molecule has 2 aromatic carbocycles. The molecule has 1 N–H and O–H groups in total. The van der Waals surface area contributed by atoms with Crippen LogP contribution in [0.5, 0.6) is 5.75 Å². The predicted molar refractivity (Wildman–Crippen MR) is 92.0 cm³/mol. The standard InChI is InChI=1S/C16H18BrNO3S/c1-11(2)12-8-9-15(21-3)16(10-12)22(19,20)18-14-7-5-4-6-13(14)17/h4-11,18H,1-3H3. The number of methoxy groups -OCH3 is 1. The second-order valence-electron chi connectivity index (χ2n) is 5.15. The van der Waals surface area contributed by atoms with Crippen LogP contribution in [0.2, 0.25) is 0 Å². The fourth-order valence-corrected chi connectivity index (χ4v) is 3.81. The summed E-state index contributed by atoms with van der Waals surface area (Å²) in [5, 5.41) is 0. The van der Waals surface area contributed by atoms with Crippen molar-refractivity contribution in [3.05, 3.63) is 52.5 Å². The van der Waals surface area contributed by atoms with E-state index in [0.29, 0.717) is 15.9 Å². The molecule has 0 saturated carbocycles. The van der Waals surface area contributed by atoms with E-state index in [1.54, 1.807) is 30.3 Å². The molecule has 0 aromatic heterocycles. The summed E-state index contributed by atoms with van der Waals surface area (Å²) < 4.78 is 33.9. The van der Waals surface area contributed by atoms with Crippen molar-refractivity contribution in [3.63, 3.8) is 0 Å². The van der Waals surface area contributed by atoms with Crippen LogP contribution < -0.4 is 9.46 Å². The lowest BCUT2D eigenvalue weighted by Crippen LogP contribution is -2.15. The monoisotopic (exact) mass is 383 g/mol. The number of anilines is 1. The zero-order valence-electron chi connectivity index (χ0n) is 12.6. The number of hydrogen-bond donors (Lipinski definition) is 1. The molecule has 0 atom stereocenters. The molecule has 6 heteroatoms. The van der Waals surface area contributed by atoms with Gasteiger partial charge in [-0.15, -0.1) is 0 Å². The van der Waals surface area contributed by atoms with Gasteiger partial charge >= 0.3 is 0 Å². The maximum absolute atomic E-state index is 12.7. The molecule has 118 valence electrons. The van der Waals surface area contributed by atoms with E-state index in [9.17, 15) is 8.42 Å². The minimum absolute atomic E-state index is 0.136. The highest BCUT2D eigenvalue weighted by Gasteiger charge is 2.21. The van der Waals surface area contributed by atoms with E-state index in [2.05, 4.69) is 20.7 Å². The fourth-order valence-electron chi connectivity index (χ4n) is 2.01. The molecule has 0 aliphatic rings. The minimum Gasteiger partial charge on any atom is -0.495 e. The highest BCUT2D eigenvalue weighted by Crippen LogP contribution is 2.31. The average molecular weight is 384 g/mol. The van der Waals surface area contributed by atoms with Crippen LogP contribution in [-0.2, 0) is 10.0 Å². The smallest absolute Gasteiger partial charge is 0.265 e. The summed E-state index contributed by atoms with van der Waals surface area (Å²) in [6.45, 7) is 4.03. The van der Waals surface area contributed by atoms with Gasteiger partial charge in [0.25, 0.3) is 10.0 Å². The van der Waals surface area contributed by atoms with Crippen LogP contribution in [0.25, 0.3) is 0 Å². The van der Waals surface area contributed by atoms with Crippen molar-refractivity contribution in [2.75, 3.05) is 11.8 Å². The minimum atomic E-state index is -3.74. The molecular weight excluding hydrogens is 366 g/mol. The third-order valence-corrected chi connectivity index (χ3v) is 5.34. The van der Waals surface area contributed by atoms with Gasteiger partial charge in [-0.3, -0.25) is 4.72 Å². The Morgan fingerprint density at radius 1 is 1.14 bits per heavy atom. The van der Waals surface area contributed by atoms with Gasteiger partial charge in [-0.1, -0.05) is 32.0 Å². The zero-order valence-corrected chi connectivity index (χ0v) is 15.0. The average Bonchev–Trinajstić information content (AvgIpc) is 2.48. The summed E-state index contributed by atoms with van der Waals surface area (Å²) >= 11 is 3.34. The second-order valence-corrected chi connectivity index (χ2v) is 7.66. The number of sulfonamides is 1. The number of rotatable bonds is 5. The topological polar surface area (TPSA) is 55.4 Å². The van der Waals surface area contributed by atoms with Crippen LogP contribution in [0, 0.1) is 0 Å². The summed E-state index contributed by atoms with van der Waals surface area (Å²) in [6, 6.07) is 12.3. The van der Waals surface area contributed by atoms with Crippen LogP contribution in [0.1, 0.15) is 25.3 Å². The SMILES string of the molecule is COc1ccc(C(C)C)cc1S(=O)(=O)Nc1ccccc1Br. The van der Waals surface area contributed by atoms with Crippen LogP contribution in [0.15, 0.2) is 51.8 Å². The van der Waals surface area contributed by atoms with Crippen molar-refractivity contribution in [2.45, 2.75) is 24.7 Å². The molecule has 0 heterocycles. The van der Waals surface area contributed by atoms with Gasteiger partial charge in [0.1, 0.15) is 10.6 Å². The van der Waals surface area contributed by atoms with Crippen LogP contribution in [0.4, 0.5) is 5.69 Å². The molecule has 0 bridgehead atoms. The molecule has 0 aliphatic carbocycles. The largest absolute Gasteiger partial charge is 0.495 e. The van der Waals surface area contributed by atoms with E-state index in [-0.39, 0.29) is 10.8 Å². The summed E-state index contributed by atoms with van der Waals surface area (Å²) in [7, 11) is -2.28. The van der Waals surface area contributed by atoms with E-state index in [0.717, 1.165) is 5.56 Å². The van der Waals surface area contributed by atoms with E-state index in [1.807, 2.05) is 26.0 Å². The summed E-state index contributed by atoms with van der Waals surface area (Å²) in [5.74, 6) is 0.548. The molecule has 0 aliphatic heterocycles. The fraction of sp³-hybridized carbons (Fsp3) is 0.250. The van der Waals surface area contributed by atoms with Crippen molar-refractivity contribution in [1.29, 1.82) is 0 Å². The molecule has 4 nitrogen and oxygen atoms in total. The first-order valence-electron chi connectivity index (χ1n) is 6.80. The van der Waals surface area contributed by atoms with Crippen LogP contribution in [0.3, 0.4) is 0 Å². The van der Waals surface area contributed by atoms with E-state index < -0.39 is 10.0 Å². The Hall–Kier alpha value is -1.53. The normalized spacial score (nSPS) is 11.5. The predicted octanol–water partition coefficient (Wildman–Crippen LogP) is 4.38. The van der Waals surface area contributed by atoms with Crippen molar-refractivity contribution in [3.8, 4) is 5.75 Å². The molecule has 0 saturated heterocycles. The highest BCUT2D eigenvalue weighted by atomic mass is 79.9. The molecule has 0 spiro atoms. The van der Waals surface area contributed by atoms with Gasteiger partial charge in [-0.2, -0.15) is 0 Å². The Morgan fingerprint density at radius 3 is 2.41 bits per heavy atom. The lowest BCUT2D eigenvalue weighted by Gasteiger charge is -2.15. The van der Waals surface area contributed by atoms with Gasteiger partial charge < -0.3 is 4.74 Å². The van der Waals surface area contributed by atoms with Crippen LogP contribution in [-0.4, -0.2) is 15.5 Å².